The predicted molar refractivity (Wildman–Crippen MR) is 69.6 cm³/mol. The Morgan fingerprint density at radius 2 is 2.30 bits per heavy atom. The van der Waals surface area contributed by atoms with E-state index < -0.39 is 5.97 Å². The van der Waals surface area contributed by atoms with E-state index in [-0.39, 0.29) is 18.2 Å². The van der Waals surface area contributed by atoms with Crippen LogP contribution in [0.25, 0.3) is 0 Å². The van der Waals surface area contributed by atoms with E-state index in [9.17, 15) is 4.79 Å². The van der Waals surface area contributed by atoms with Gasteiger partial charge in [0.1, 0.15) is 5.75 Å². The zero-order valence-electron chi connectivity index (χ0n) is 10.7. The molecule has 1 aliphatic heterocycles. The highest BCUT2D eigenvalue weighted by Gasteiger charge is 2.26. The zero-order chi connectivity index (χ0) is 14.1. The van der Waals surface area contributed by atoms with Gasteiger partial charge in [0.05, 0.1) is 18.8 Å². The highest BCUT2D eigenvalue weighted by Crippen LogP contribution is 2.34. The molecule has 0 amide bonds. The number of hydrogen-bond acceptors (Lipinski definition) is 5. The normalized spacial score (nSPS) is 16.8. The lowest BCUT2D eigenvalue weighted by Crippen LogP contribution is -2.17. The maximum atomic E-state index is 11.0. The number of nitrogens with two attached hydrogens (primary N) is 1. The molecule has 20 heavy (non-hydrogen) atoms. The average Bonchev–Trinajstić information content (AvgIpc) is 3.04. The fourth-order valence-electron chi connectivity index (χ4n) is 2.44. The first-order valence-electron chi connectivity index (χ1n) is 6.28. The monoisotopic (exact) mass is 274 g/mol. The third-order valence-electron chi connectivity index (χ3n) is 3.43. The summed E-state index contributed by atoms with van der Waals surface area (Å²) in [6.45, 7) is 1.14. The standard InChI is InChI=1S/C13H14N4O3/c14-5-10-12(13(18)19)15-16-17(10)6-8-7-20-11-4-2-1-3-9(8)11/h1-4,8H,5-7,14H2,(H,18,19). The summed E-state index contributed by atoms with van der Waals surface area (Å²) in [5, 5.41) is 16.6. The second kappa shape index (κ2) is 4.93. The van der Waals surface area contributed by atoms with Crippen molar-refractivity contribution in [3.63, 3.8) is 0 Å². The van der Waals surface area contributed by atoms with Crippen molar-refractivity contribution in [3.8, 4) is 5.75 Å². The van der Waals surface area contributed by atoms with Crippen LogP contribution in [0.15, 0.2) is 24.3 Å². The lowest BCUT2D eigenvalue weighted by Gasteiger charge is -2.10. The molecule has 3 rings (SSSR count). The molecule has 0 saturated heterocycles. The minimum atomic E-state index is -1.11. The van der Waals surface area contributed by atoms with Crippen LogP contribution in [0, 0.1) is 0 Å². The largest absolute Gasteiger partial charge is 0.493 e. The minimum Gasteiger partial charge on any atom is -0.493 e. The van der Waals surface area contributed by atoms with Gasteiger partial charge >= 0.3 is 5.97 Å². The van der Waals surface area contributed by atoms with Crippen LogP contribution in [0.3, 0.4) is 0 Å². The number of carboxylic acid groups (broad SMARTS) is 1. The number of aromatic carboxylic acids is 1. The van der Waals surface area contributed by atoms with E-state index in [0.29, 0.717) is 18.8 Å². The second-order valence-electron chi connectivity index (χ2n) is 4.62. The summed E-state index contributed by atoms with van der Waals surface area (Å²) >= 11 is 0. The molecule has 2 heterocycles. The van der Waals surface area contributed by atoms with Crippen molar-refractivity contribution in [1.29, 1.82) is 0 Å². The summed E-state index contributed by atoms with van der Waals surface area (Å²) < 4.78 is 7.16. The van der Waals surface area contributed by atoms with Gasteiger partial charge in [-0.25, -0.2) is 9.48 Å². The molecule has 7 nitrogen and oxygen atoms in total. The number of fused-ring (bicyclic) bond motifs is 1. The first-order chi connectivity index (χ1) is 9.70. The van der Waals surface area contributed by atoms with Gasteiger partial charge in [0.15, 0.2) is 5.69 Å². The SMILES string of the molecule is NCc1c(C(=O)O)nnn1CC1COc2ccccc21. The van der Waals surface area contributed by atoms with Crippen molar-refractivity contribution in [2.45, 2.75) is 19.0 Å². The zero-order valence-corrected chi connectivity index (χ0v) is 10.7. The molecule has 0 bridgehead atoms. The van der Waals surface area contributed by atoms with Gasteiger partial charge in [-0.15, -0.1) is 5.10 Å². The molecule has 1 aliphatic rings. The Kier molecular flexibility index (Phi) is 3.11. The molecule has 1 aromatic heterocycles. The summed E-state index contributed by atoms with van der Waals surface area (Å²) in [5.74, 6) is -0.120. The Morgan fingerprint density at radius 1 is 1.50 bits per heavy atom. The minimum absolute atomic E-state index is 0.0836. The van der Waals surface area contributed by atoms with E-state index in [1.165, 1.54) is 0 Å². The number of hydrogen-bond donors (Lipinski definition) is 2. The first kappa shape index (κ1) is 12.6. The Hall–Kier alpha value is -2.41. The van der Waals surface area contributed by atoms with Gasteiger partial charge in [-0.1, -0.05) is 23.4 Å². The van der Waals surface area contributed by atoms with Crippen molar-refractivity contribution in [1.82, 2.24) is 15.0 Å². The summed E-state index contributed by atoms with van der Waals surface area (Å²) in [6.07, 6.45) is 0. The lowest BCUT2D eigenvalue weighted by molar-refractivity contribution is 0.0689. The van der Waals surface area contributed by atoms with Crippen molar-refractivity contribution >= 4 is 5.97 Å². The van der Waals surface area contributed by atoms with Crippen LogP contribution in [-0.2, 0) is 13.1 Å². The molecule has 104 valence electrons. The number of benzene rings is 1. The van der Waals surface area contributed by atoms with E-state index in [1.807, 2.05) is 24.3 Å². The van der Waals surface area contributed by atoms with Gasteiger partial charge in [0.2, 0.25) is 0 Å². The topological polar surface area (TPSA) is 103 Å². The van der Waals surface area contributed by atoms with Gasteiger partial charge in [-0.05, 0) is 6.07 Å². The van der Waals surface area contributed by atoms with Crippen LogP contribution < -0.4 is 10.5 Å². The molecule has 0 fully saturated rings. The Bertz CT molecular complexity index is 653. The molecule has 0 spiro atoms. The number of carboxylic acids is 1. The molecule has 2 aromatic rings. The number of ether oxygens (including phenoxy) is 1. The third-order valence-corrected chi connectivity index (χ3v) is 3.43. The maximum Gasteiger partial charge on any atom is 0.358 e. The second-order valence-corrected chi connectivity index (χ2v) is 4.62. The van der Waals surface area contributed by atoms with Crippen molar-refractivity contribution in [2.75, 3.05) is 6.61 Å². The van der Waals surface area contributed by atoms with E-state index in [4.69, 9.17) is 15.6 Å². The number of aromatic nitrogens is 3. The fraction of sp³-hybridized carbons (Fsp3) is 0.308. The highest BCUT2D eigenvalue weighted by atomic mass is 16.5. The van der Waals surface area contributed by atoms with Crippen LogP contribution >= 0.6 is 0 Å². The maximum absolute atomic E-state index is 11.0. The molecule has 3 N–H and O–H groups in total. The van der Waals surface area contributed by atoms with Crippen LogP contribution in [0.2, 0.25) is 0 Å². The van der Waals surface area contributed by atoms with Gasteiger partial charge in [0.25, 0.3) is 0 Å². The van der Waals surface area contributed by atoms with Gasteiger partial charge in [-0.2, -0.15) is 0 Å². The molecule has 0 aliphatic carbocycles. The third kappa shape index (κ3) is 2.01. The predicted octanol–water partition coefficient (Wildman–Crippen LogP) is 0.611. The number of para-hydroxylation sites is 1. The van der Waals surface area contributed by atoms with Crippen molar-refractivity contribution in [2.24, 2.45) is 5.73 Å². The van der Waals surface area contributed by atoms with Crippen LogP contribution in [-0.4, -0.2) is 32.7 Å². The van der Waals surface area contributed by atoms with Crippen LogP contribution in [0.1, 0.15) is 27.7 Å². The summed E-state index contributed by atoms with van der Waals surface area (Å²) in [6, 6.07) is 7.80. The Balaban J connectivity index is 1.88. The Labute approximate surface area is 115 Å². The van der Waals surface area contributed by atoms with Gasteiger partial charge in [-0.3, -0.25) is 0 Å². The molecule has 7 heteroatoms. The summed E-state index contributed by atoms with van der Waals surface area (Å²) in [7, 11) is 0. The van der Waals surface area contributed by atoms with Crippen LogP contribution in [0.5, 0.6) is 5.75 Å². The molecule has 0 saturated carbocycles. The number of nitrogens with zero attached hydrogens (tertiary/aromatic N) is 3. The van der Waals surface area contributed by atoms with E-state index >= 15 is 0 Å². The summed E-state index contributed by atoms with van der Waals surface area (Å²) in [4.78, 5) is 11.0. The number of carbonyl (C=O) groups is 1. The molecular weight excluding hydrogens is 260 g/mol. The molecule has 0 radical (unpaired) electrons. The molecule has 1 unspecified atom stereocenters. The molecule has 1 atom stereocenters. The van der Waals surface area contributed by atoms with E-state index in [2.05, 4.69) is 10.3 Å². The van der Waals surface area contributed by atoms with E-state index in [1.54, 1.807) is 4.68 Å². The molecular formula is C13H14N4O3. The van der Waals surface area contributed by atoms with Crippen molar-refractivity contribution in [3.05, 3.63) is 41.2 Å². The first-order valence-corrected chi connectivity index (χ1v) is 6.28. The summed E-state index contributed by atoms with van der Waals surface area (Å²) in [5.41, 5.74) is 7.06. The average molecular weight is 274 g/mol. The van der Waals surface area contributed by atoms with E-state index in [0.717, 1.165) is 11.3 Å². The van der Waals surface area contributed by atoms with Gasteiger partial charge < -0.3 is 15.6 Å². The fourth-order valence-corrected chi connectivity index (χ4v) is 2.44. The Morgan fingerprint density at radius 3 is 3.05 bits per heavy atom. The highest BCUT2D eigenvalue weighted by molar-refractivity contribution is 5.86. The van der Waals surface area contributed by atoms with Gasteiger partial charge in [0, 0.05) is 18.0 Å². The number of rotatable bonds is 4. The molecule has 1 aromatic carbocycles. The van der Waals surface area contributed by atoms with Crippen LogP contribution in [0.4, 0.5) is 0 Å². The smallest absolute Gasteiger partial charge is 0.358 e. The quantitative estimate of drug-likeness (QED) is 0.846. The lowest BCUT2D eigenvalue weighted by atomic mass is 10.0. The van der Waals surface area contributed by atoms with Crippen molar-refractivity contribution < 1.29 is 14.6 Å².